The van der Waals surface area contributed by atoms with Crippen molar-refractivity contribution in [2.45, 2.75) is 33.0 Å². The third-order valence-corrected chi connectivity index (χ3v) is 3.11. The van der Waals surface area contributed by atoms with Gasteiger partial charge in [0.15, 0.2) is 6.29 Å². The lowest BCUT2D eigenvalue weighted by atomic mass is 9.88. The van der Waals surface area contributed by atoms with E-state index in [2.05, 4.69) is 0 Å². The quantitative estimate of drug-likeness (QED) is 0.413. The zero-order valence-corrected chi connectivity index (χ0v) is 10.1. The van der Waals surface area contributed by atoms with Crippen LogP contribution in [0.5, 0.6) is 0 Å². The molecular formula is C11H24O5. The van der Waals surface area contributed by atoms with Crippen LogP contribution in [0.4, 0.5) is 0 Å². The van der Waals surface area contributed by atoms with Crippen molar-refractivity contribution in [3.8, 4) is 0 Å². The van der Waals surface area contributed by atoms with Gasteiger partial charge in [-0.15, -0.1) is 0 Å². The fourth-order valence-electron chi connectivity index (χ4n) is 1.31. The van der Waals surface area contributed by atoms with Crippen LogP contribution in [0, 0.1) is 11.3 Å². The molecule has 0 aliphatic carbocycles. The van der Waals surface area contributed by atoms with Gasteiger partial charge in [0.2, 0.25) is 0 Å². The van der Waals surface area contributed by atoms with Crippen molar-refractivity contribution >= 4 is 0 Å². The van der Waals surface area contributed by atoms with Crippen molar-refractivity contribution in [2.75, 3.05) is 26.4 Å². The summed E-state index contributed by atoms with van der Waals surface area (Å²) in [4.78, 5) is 0. The Morgan fingerprint density at radius 1 is 1.12 bits per heavy atom. The van der Waals surface area contributed by atoms with Gasteiger partial charge in [-0.2, -0.15) is 0 Å². The fraction of sp³-hybridized carbons (Fsp3) is 1.00. The van der Waals surface area contributed by atoms with E-state index >= 15 is 0 Å². The van der Waals surface area contributed by atoms with Crippen LogP contribution >= 0.6 is 0 Å². The van der Waals surface area contributed by atoms with Gasteiger partial charge in [0, 0.05) is 11.3 Å². The molecule has 0 saturated heterocycles. The monoisotopic (exact) mass is 236 g/mol. The second kappa shape index (κ2) is 7.97. The van der Waals surface area contributed by atoms with E-state index in [9.17, 15) is 0 Å². The highest BCUT2D eigenvalue weighted by molar-refractivity contribution is 4.76. The van der Waals surface area contributed by atoms with Crippen molar-refractivity contribution in [1.29, 1.82) is 0 Å². The predicted molar refractivity (Wildman–Crippen MR) is 59.7 cm³/mol. The van der Waals surface area contributed by atoms with Gasteiger partial charge in [0.05, 0.1) is 26.4 Å². The van der Waals surface area contributed by atoms with Gasteiger partial charge in [-0.25, -0.2) is 0 Å². The Hall–Kier alpha value is -0.200. The van der Waals surface area contributed by atoms with Crippen LogP contribution in [0.2, 0.25) is 0 Å². The zero-order chi connectivity index (χ0) is 12.6. The lowest BCUT2D eigenvalue weighted by molar-refractivity contribution is -0.117. The second-order valence-corrected chi connectivity index (χ2v) is 4.27. The van der Waals surface area contributed by atoms with E-state index in [0.29, 0.717) is 12.8 Å². The molecule has 0 aliphatic heterocycles. The van der Waals surface area contributed by atoms with Crippen molar-refractivity contribution in [3.63, 3.8) is 0 Å². The predicted octanol–water partition coefficient (Wildman–Crippen LogP) is -0.279. The second-order valence-electron chi connectivity index (χ2n) is 4.27. The molecular weight excluding hydrogens is 212 g/mol. The minimum atomic E-state index is -1.38. The van der Waals surface area contributed by atoms with E-state index in [4.69, 9.17) is 25.2 Å². The molecule has 0 heterocycles. The van der Waals surface area contributed by atoms with E-state index < -0.39 is 11.7 Å². The molecule has 0 rings (SSSR count). The summed E-state index contributed by atoms with van der Waals surface area (Å²) in [5.41, 5.74) is -0.626. The van der Waals surface area contributed by atoms with Gasteiger partial charge in [0.25, 0.3) is 0 Å². The topological polar surface area (TPSA) is 90.2 Å². The number of hydrogen-bond acceptors (Lipinski definition) is 5. The first kappa shape index (κ1) is 15.8. The summed E-state index contributed by atoms with van der Waals surface area (Å²) in [6.07, 6.45) is -0.169. The van der Waals surface area contributed by atoms with Crippen molar-refractivity contribution in [2.24, 2.45) is 11.3 Å². The first-order valence-corrected chi connectivity index (χ1v) is 5.70. The molecule has 0 aromatic carbocycles. The van der Waals surface area contributed by atoms with Gasteiger partial charge < -0.3 is 25.2 Å². The summed E-state index contributed by atoms with van der Waals surface area (Å²) in [6, 6.07) is 0. The number of aliphatic hydroxyl groups excluding tert-OH is 3. The average Bonchev–Trinajstić information content (AvgIpc) is 2.30. The summed E-state index contributed by atoms with van der Waals surface area (Å²) >= 11 is 0. The lowest BCUT2D eigenvalue weighted by Crippen LogP contribution is -2.36. The van der Waals surface area contributed by atoms with Gasteiger partial charge in [-0.3, -0.25) is 0 Å². The van der Waals surface area contributed by atoms with Gasteiger partial charge in [-0.1, -0.05) is 13.8 Å². The van der Waals surface area contributed by atoms with Crippen LogP contribution in [0.1, 0.15) is 26.7 Å². The molecule has 0 fully saturated rings. The average molecular weight is 236 g/mol. The standard InChI is InChI=1S/C11H24O5/c1-3-9(10(14)15)5-16-8-11(4-2,6-12)7-13/h9-10,12-15H,3-8H2,1-2H3. The lowest BCUT2D eigenvalue weighted by Gasteiger charge is -2.29. The van der Waals surface area contributed by atoms with Gasteiger partial charge in [-0.05, 0) is 12.8 Å². The fourth-order valence-corrected chi connectivity index (χ4v) is 1.31. The van der Waals surface area contributed by atoms with Crippen LogP contribution in [0.15, 0.2) is 0 Å². The van der Waals surface area contributed by atoms with E-state index in [1.165, 1.54) is 0 Å². The van der Waals surface area contributed by atoms with Crippen molar-refractivity contribution < 1.29 is 25.2 Å². The Morgan fingerprint density at radius 3 is 2.00 bits per heavy atom. The number of ether oxygens (including phenoxy) is 1. The highest BCUT2D eigenvalue weighted by Gasteiger charge is 2.27. The molecule has 5 nitrogen and oxygen atoms in total. The molecule has 0 bridgehead atoms. The molecule has 0 spiro atoms. The smallest absolute Gasteiger partial charge is 0.156 e. The minimum absolute atomic E-state index is 0.140. The Labute approximate surface area is 96.7 Å². The SMILES string of the molecule is CCC(COCC(CC)(CO)CO)C(O)O. The van der Waals surface area contributed by atoms with Crippen LogP contribution in [0.3, 0.4) is 0 Å². The molecule has 0 aromatic rings. The van der Waals surface area contributed by atoms with Gasteiger partial charge in [0.1, 0.15) is 0 Å². The van der Waals surface area contributed by atoms with Crippen LogP contribution in [-0.2, 0) is 4.74 Å². The third kappa shape index (κ3) is 4.76. The van der Waals surface area contributed by atoms with E-state index in [-0.39, 0.29) is 32.3 Å². The molecule has 5 heteroatoms. The first-order chi connectivity index (χ1) is 7.55. The van der Waals surface area contributed by atoms with E-state index in [1.54, 1.807) is 0 Å². The van der Waals surface area contributed by atoms with Crippen LogP contribution < -0.4 is 0 Å². The van der Waals surface area contributed by atoms with E-state index in [1.807, 2.05) is 13.8 Å². The Morgan fingerprint density at radius 2 is 1.69 bits per heavy atom. The molecule has 1 atom stereocenters. The molecule has 16 heavy (non-hydrogen) atoms. The first-order valence-electron chi connectivity index (χ1n) is 5.70. The molecule has 0 radical (unpaired) electrons. The molecule has 0 amide bonds. The largest absolute Gasteiger partial charge is 0.396 e. The molecule has 98 valence electrons. The summed E-state index contributed by atoms with van der Waals surface area (Å²) in [5, 5.41) is 36.3. The molecule has 1 unspecified atom stereocenters. The third-order valence-electron chi connectivity index (χ3n) is 3.11. The minimum Gasteiger partial charge on any atom is -0.396 e. The summed E-state index contributed by atoms with van der Waals surface area (Å²) in [7, 11) is 0. The van der Waals surface area contributed by atoms with Crippen molar-refractivity contribution in [1.82, 2.24) is 0 Å². The van der Waals surface area contributed by atoms with Gasteiger partial charge >= 0.3 is 0 Å². The molecule has 0 saturated carbocycles. The molecule has 0 aliphatic rings. The highest BCUT2D eigenvalue weighted by Crippen LogP contribution is 2.21. The summed E-state index contributed by atoms with van der Waals surface area (Å²) in [5.74, 6) is -0.327. The maximum absolute atomic E-state index is 9.17. The molecule has 0 aromatic heterocycles. The normalized spacial score (nSPS) is 14.4. The summed E-state index contributed by atoms with van der Waals surface area (Å²) in [6.45, 7) is 3.87. The number of rotatable bonds is 9. The number of aliphatic hydroxyl groups is 4. The van der Waals surface area contributed by atoms with E-state index in [0.717, 1.165) is 0 Å². The van der Waals surface area contributed by atoms with Crippen LogP contribution in [-0.4, -0.2) is 53.1 Å². The maximum Gasteiger partial charge on any atom is 0.156 e. The Bertz CT molecular complexity index is 159. The van der Waals surface area contributed by atoms with Crippen molar-refractivity contribution in [3.05, 3.63) is 0 Å². The highest BCUT2D eigenvalue weighted by atomic mass is 16.5. The summed E-state index contributed by atoms with van der Waals surface area (Å²) < 4.78 is 5.35. The molecule has 4 N–H and O–H groups in total. The van der Waals surface area contributed by atoms with Crippen LogP contribution in [0.25, 0.3) is 0 Å². The Kier molecular flexibility index (Phi) is 7.87. The Balaban J connectivity index is 4.02. The maximum atomic E-state index is 9.17. The number of hydrogen-bond donors (Lipinski definition) is 4. The zero-order valence-electron chi connectivity index (χ0n) is 10.1.